The third kappa shape index (κ3) is 12.5. The summed E-state index contributed by atoms with van der Waals surface area (Å²) in [5.41, 5.74) is 18.4. The first-order valence-corrected chi connectivity index (χ1v) is 19.9. The van der Waals surface area contributed by atoms with Crippen LogP contribution in [0.4, 0.5) is 35.1 Å². The van der Waals surface area contributed by atoms with Crippen LogP contribution in [0.1, 0.15) is 58.7 Å². The van der Waals surface area contributed by atoms with E-state index in [2.05, 4.69) is 69.8 Å². The number of pyridine rings is 1. The van der Waals surface area contributed by atoms with Crippen molar-refractivity contribution in [3.05, 3.63) is 140 Å². The van der Waals surface area contributed by atoms with E-state index in [4.69, 9.17) is 11.1 Å². The summed E-state index contributed by atoms with van der Waals surface area (Å²) >= 11 is 1.59. The molecule has 0 aliphatic carbocycles. The van der Waals surface area contributed by atoms with Crippen molar-refractivity contribution in [1.29, 1.82) is 0 Å². The minimum Gasteiger partial charge on any atom is -0.373 e. The van der Waals surface area contributed by atoms with Crippen LogP contribution in [0.5, 0.6) is 0 Å². The first kappa shape index (κ1) is 49.5. The zero-order valence-corrected chi connectivity index (χ0v) is 38.0. The number of nitrogens with zero attached hydrogens (tertiary/aromatic N) is 13. The van der Waals surface area contributed by atoms with Crippen molar-refractivity contribution < 1.29 is 56.7 Å². The summed E-state index contributed by atoms with van der Waals surface area (Å²) in [6.07, 6.45) is 8.30. The Morgan fingerprint density at radius 2 is 1.33 bits per heavy atom. The number of rotatable bonds is 7. The molecule has 0 bridgehead atoms. The van der Waals surface area contributed by atoms with Crippen molar-refractivity contribution in [2.45, 2.75) is 26.7 Å². The van der Waals surface area contributed by atoms with Gasteiger partial charge in [-0.15, -0.1) is 0 Å². The van der Waals surface area contributed by atoms with E-state index < -0.39 is 46.2 Å². The van der Waals surface area contributed by atoms with Crippen molar-refractivity contribution in [3.8, 4) is 0 Å². The van der Waals surface area contributed by atoms with Gasteiger partial charge in [-0.3, -0.25) is 24.5 Å². The number of aromatic nitrogens is 7. The third-order valence-corrected chi connectivity index (χ3v) is 10.5. The van der Waals surface area contributed by atoms with Crippen molar-refractivity contribution in [1.82, 2.24) is 40.1 Å². The van der Waals surface area contributed by atoms with Crippen LogP contribution in [0.25, 0.3) is 27.1 Å². The number of nitrogens with one attached hydrogen (secondary N) is 2. The molecule has 2 aliphatic rings. The van der Waals surface area contributed by atoms with Crippen LogP contribution < -0.4 is 45.1 Å². The zero-order chi connectivity index (χ0) is 44.9. The van der Waals surface area contributed by atoms with Crippen LogP contribution in [0.15, 0.2) is 83.3 Å². The molecule has 0 spiro atoms. The zero-order valence-electron chi connectivity index (χ0n) is 35.1. The average Bonchev–Trinajstić information content (AvgIpc) is 3.68. The molecule has 0 radical (unpaired) electrons. The monoisotopic (exact) mass is 893 g/mol. The number of amides is 2. The molecule has 7 rings (SSSR count). The Morgan fingerprint density at radius 1 is 0.778 bits per heavy atom. The molecule has 0 saturated heterocycles. The quantitative estimate of drug-likeness (QED) is 0.0440. The van der Waals surface area contributed by atoms with E-state index in [9.17, 15) is 27.2 Å². The standard InChI is InChI=1S/C20H19F2N7O.C20H21F2N5OS.N3.Na/c1-12-8-9-29(20-25-26-27-28(20)2)11-14(12)13-6-7-17(23-10-13)24-19(30)18-15(21)4-3-5-16(18)22;1-12-7-8-27(20(23-2)29-3)11-13(12)16-9-25-17(10-24-16)26-19(28)18-14(21)5-4-6-15(18)22;1-3-2;/h3-7,10H,8-9,11H2,1-2H3,(H,23,24,30);4-6,9-10H,7-8,11H2,1-3H3,(H,25,26,28);;/q;;-1;+1. The summed E-state index contributed by atoms with van der Waals surface area (Å²) in [4.78, 5) is 47.3. The van der Waals surface area contributed by atoms with Crippen LogP contribution in [0, 0.1) is 23.3 Å². The van der Waals surface area contributed by atoms with Crippen molar-refractivity contribution in [2.24, 2.45) is 12.0 Å². The number of hydrogen-bond acceptors (Lipinski definition) is 11. The summed E-state index contributed by atoms with van der Waals surface area (Å²) in [6.45, 7) is 7.11. The van der Waals surface area contributed by atoms with E-state index >= 15 is 0 Å². The smallest absolute Gasteiger partial charge is 0.373 e. The first-order valence-electron chi connectivity index (χ1n) is 18.7. The number of halogens is 4. The topological polar surface area (TPSA) is 218 Å². The molecule has 23 heteroatoms. The number of anilines is 3. The number of hydrogen-bond donors (Lipinski definition) is 2. The van der Waals surface area contributed by atoms with Crippen LogP contribution in [0.2, 0.25) is 0 Å². The van der Waals surface area contributed by atoms with Crippen LogP contribution in [0.3, 0.4) is 0 Å². The molecule has 5 aromatic rings. The Kier molecular flexibility index (Phi) is 18.3. The number of carbonyl (C=O) groups excluding carboxylic acids is 2. The predicted molar refractivity (Wildman–Crippen MR) is 229 cm³/mol. The van der Waals surface area contributed by atoms with E-state index in [1.54, 1.807) is 49.0 Å². The molecule has 2 N–H and O–H groups in total. The Labute approximate surface area is 385 Å². The molecule has 0 atom stereocenters. The van der Waals surface area contributed by atoms with Gasteiger partial charge < -0.3 is 31.5 Å². The Balaban J connectivity index is 0.000000257. The van der Waals surface area contributed by atoms with Gasteiger partial charge in [0.25, 0.3) is 11.8 Å². The molecule has 17 nitrogen and oxygen atoms in total. The van der Waals surface area contributed by atoms with Crippen LogP contribution >= 0.6 is 11.8 Å². The number of tetrazole rings is 1. The molecule has 63 heavy (non-hydrogen) atoms. The average molecular weight is 894 g/mol. The van der Waals surface area contributed by atoms with Gasteiger partial charge >= 0.3 is 29.6 Å². The maximum atomic E-state index is 13.8. The molecule has 0 fully saturated rings. The maximum Gasteiger partial charge on any atom is 1.00 e. The van der Waals surface area contributed by atoms with Gasteiger partial charge in [0.15, 0.2) is 11.0 Å². The van der Waals surface area contributed by atoms with Gasteiger partial charge in [-0.05, 0) is 96.5 Å². The predicted octanol–water partition coefficient (Wildman–Crippen LogP) is 4.52. The van der Waals surface area contributed by atoms with Gasteiger partial charge in [-0.2, -0.15) is 0 Å². The number of benzene rings is 2. The molecule has 2 amide bonds. The van der Waals surface area contributed by atoms with Gasteiger partial charge in [-0.1, -0.05) is 40.1 Å². The Morgan fingerprint density at radius 3 is 1.83 bits per heavy atom. The number of aliphatic imine (C=N–C) groups is 1. The fourth-order valence-electron chi connectivity index (χ4n) is 6.52. The fraction of sp³-hybridized carbons (Fsp3) is 0.275. The number of aryl methyl sites for hydroxylation is 1. The Bertz CT molecular complexity index is 2510. The van der Waals surface area contributed by atoms with Gasteiger partial charge in [-0.25, -0.2) is 32.2 Å². The van der Waals surface area contributed by atoms with E-state index in [1.807, 2.05) is 12.3 Å². The van der Waals surface area contributed by atoms with E-state index in [1.165, 1.54) is 34.4 Å². The Hall–Kier alpha value is -6.19. The molecule has 5 heterocycles. The molecular formula is C40H40F4N15NaO2S. The summed E-state index contributed by atoms with van der Waals surface area (Å²) in [7, 11) is 3.56. The number of amidine groups is 1. The van der Waals surface area contributed by atoms with Gasteiger partial charge in [0.1, 0.15) is 40.2 Å². The SMILES string of the molecule is CC1=C(c2ccc(NC(=O)c3c(F)cccc3F)nc2)CN(c2nnnn2C)CC1.CN=C(SC)N1CCC(C)=C(c2cnc(NC(=O)c3c(F)cccc3F)cn2)C1.[N-]=[N+]=[N-].[Na+]. The summed E-state index contributed by atoms with van der Waals surface area (Å²) in [6, 6.07) is 9.95. The molecule has 322 valence electrons. The minimum absolute atomic E-state index is 0. The first-order chi connectivity index (χ1) is 29.8. The third-order valence-electron chi connectivity index (χ3n) is 9.70. The normalized spacial score (nSPS) is 13.8. The fourth-order valence-corrected chi connectivity index (χ4v) is 7.12. The van der Waals surface area contributed by atoms with E-state index in [0.29, 0.717) is 24.7 Å². The molecular weight excluding hydrogens is 854 g/mol. The largest absolute Gasteiger partial charge is 1.00 e. The molecule has 2 aliphatic heterocycles. The molecule has 3 aromatic heterocycles. The summed E-state index contributed by atoms with van der Waals surface area (Å²) in [5, 5.41) is 17.4. The number of thioether (sulfide) groups is 1. The second-order valence-electron chi connectivity index (χ2n) is 13.6. The molecule has 0 unspecified atom stereocenters. The van der Waals surface area contributed by atoms with E-state index in [-0.39, 0.29) is 41.2 Å². The molecule has 2 aromatic carbocycles. The second-order valence-corrected chi connectivity index (χ2v) is 14.4. The number of carbonyl (C=O) groups is 2. The van der Waals surface area contributed by atoms with Crippen molar-refractivity contribution in [2.75, 3.05) is 55.0 Å². The minimum atomic E-state index is -0.933. The maximum absolute atomic E-state index is 13.8. The van der Waals surface area contributed by atoms with Gasteiger partial charge in [0.05, 0.1) is 18.1 Å². The van der Waals surface area contributed by atoms with Crippen molar-refractivity contribution in [3.63, 3.8) is 0 Å². The summed E-state index contributed by atoms with van der Waals surface area (Å²) < 4.78 is 56.7. The van der Waals surface area contributed by atoms with E-state index in [0.717, 1.165) is 72.1 Å². The van der Waals surface area contributed by atoms with Gasteiger partial charge in [0, 0.05) is 46.5 Å². The van der Waals surface area contributed by atoms with Crippen molar-refractivity contribution >= 4 is 57.5 Å². The molecule has 0 saturated carbocycles. The van der Waals surface area contributed by atoms with Crippen LogP contribution in [-0.2, 0) is 7.05 Å². The second kappa shape index (κ2) is 23.3. The van der Waals surface area contributed by atoms with Gasteiger partial charge in [0.2, 0.25) is 5.95 Å². The summed E-state index contributed by atoms with van der Waals surface area (Å²) in [5.74, 6) is -4.51. The van der Waals surface area contributed by atoms with Crippen LogP contribution in [-0.4, -0.2) is 96.5 Å².